The summed E-state index contributed by atoms with van der Waals surface area (Å²) in [6, 6.07) is 19.0. The summed E-state index contributed by atoms with van der Waals surface area (Å²) in [5.74, 6) is 1.78. The summed E-state index contributed by atoms with van der Waals surface area (Å²) in [5.41, 5.74) is 1.22. The number of nitrogens with one attached hydrogen (secondary N) is 2. The summed E-state index contributed by atoms with van der Waals surface area (Å²) in [6.45, 7) is 4.38. The van der Waals surface area contributed by atoms with E-state index in [2.05, 4.69) is 85.8 Å². The van der Waals surface area contributed by atoms with Crippen LogP contribution in [0.1, 0.15) is 18.3 Å². The highest BCUT2D eigenvalue weighted by atomic mass is 127. The Hall–Kier alpha value is -2.07. The third-order valence-electron chi connectivity index (χ3n) is 4.24. The first-order valence-electron chi connectivity index (χ1n) is 9.41. The second-order valence-corrected chi connectivity index (χ2v) is 7.35. The Morgan fingerprint density at radius 1 is 1.03 bits per heavy atom. The molecule has 1 aromatic heterocycles. The highest BCUT2D eigenvalue weighted by Gasteiger charge is 2.03. The summed E-state index contributed by atoms with van der Waals surface area (Å²) in [7, 11) is 1.78. The van der Waals surface area contributed by atoms with Crippen molar-refractivity contribution in [1.82, 2.24) is 25.4 Å². The fourth-order valence-electron chi connectivity index (χ4n) is 2.74. The molecule has 0 unspecified atom stereocenters. The second kappa shape index (κ2) is 12.5. The van der Waals surface area contributed by atoms with Gasteiger partial charge in [0.15, 0.2) is 5.96 Å². The Morgan fingerprint density at radius 3 is 2.45 bits per heavy atom. The number of nitrogens with zero attached hydrogens (tertiary/aromatic N) is 4. The van der Waals surface area contributed by atoms with Crippen LogP contribution in [0, 0.1) is 0 Å². The number of hydrogen-bond acceptors (Lipinski definition) is 4. The van der Waals surface area contributed by atoms with Crippen molar-refractivity contribution < 1.29 is 0 Å². The van der Waals surface area contributed by atoms with Gasteiger partial charge < -0.3 is 15.2 Å². The summed E-state index contributed by atoms with van der Waals surface area (Å²) >= 11 is 1.77. The molecule has 0 atom stereocenters. The lowest BCUT2D eigenvalue weighted by Crippen LogP contribution is -2.38. The van der Waals surface area contributed by atoms with Crippen LogP contribution in [0.15, 0.2) is 75.7 Å². The van der Waals surface area contributed by atoms with Crippen LogP contribution in [0.2, 0.25) is 0 Å². The van der Waals surface area contributed by atoms with Gasteiger partial charge in [-0.15, -0.1) is 34.2 Å². The Balaban J connectivity index is 0.00000300. The highest BCUT2D eigenvalue weighted by molar-refractivity contribution is 14.0. The monoisotopic (exact) mass is 522 g/mol. The topological polar surface area (TPSA) is 67.1 Å². The largest absolute Gasteiger partial charge is 0.355 e. The molecule has 0 amide bonds. The lowest BCUT2D eigenvalue weighted by atomic mass is 10.2. The molecule has 3 aromatic rings. The van der Waals surface area contributed by atoms with Crippen LogP contribution in [0.25, 0.3) is 0 Å². The van der Waals surface area contributed by atoms with Crippen LogP contribution in [0.5, 0.6) is 0 Å². The van der Waals surface area contributed by atoms with Crippen molar-refractivity contribution >= 4 is 41.7 Å². The number of benzene rings is 2. The van der Waals surface area contributed by atoms with E-state index in [9.17, 15) is 0 Å². The highest BCUT2D eigenvalue weighted by Crippen LogP contribution is 2.27. The number of aliphatic imine (C=N–C) groups is 1. The first-order chi connectivity index (χ1) is 13.8. The van der Waals surface area contributed by atoms with E-state index < -0.39 is 0 Å². The van der Waals surface area contributed by atoms with E-state index in [1.807, 2.05) is 6.07 Å². The van der Waals surface area contributed by atoms with Crippen molar-refractivity contribution in [3.63, 3.8) is 0 Å². The minimum Gasteiger partial charge on any atom is -0.355 e. The predicted molar refractivity (Wildman–Crippen MR) is 130 cm³/mol. The Labute approximate surface area is 193 Å². The number of aromatic nitrogens is 3. The van der Waals surface area contributed by atoms with Gasteiger partial charge in [0, 0.05) is 42.9 Å². The van der Waals surface area contributed by atoms with Gasteiger partial charge in [0.2, 0.25) is 0 Å². The first kappa shape index (κ1) is 23.2. The zero-order valence-corrected chi connectivity index (χ0v) is 19.9. The number of halogens is 1. The quantitative estimate of drug-likeness (QED) is 0.266. The summed E-state index contributed by atoms with van der Waals surface area (Å²) in [5, 5.41) is 14.7. The molecule has 2 N–H and O–H groups in total. The molecule has 154 valence electrons. The minimum absolute atomic E-state index is 0. The molecule has 8 heteroatoms. The molecule has 2 aromatic carbocycles. The van der Waals surface area contributed by atoms with E-state index in [4.69, 9.17) is 0 Å². The average Bonchev–Trinajstić information content (AvgIpc) is 3.20. The molecule has 6 nitrogen and oxygen atoms in total. The third kappa shape index (κ3) is 7.36. The van der Waals surface area contributed by atoms with E-state index in [0.29, 0.717) is 0 Å². The molecule has 0 saturated heterocycles. The maximum atomic E-state index is 4.29. The van der Waals surface area contributed by atoms with E-state index >= 15 is 0 Å². The van der Waals surface area contributed by atoms with Gasteiger partial charge in [-0.3, -0.25) is 4.99 Å². The van der Waals surface area contributed by atoms with Gasteiger partial charge in [-0.25, -0.2) is 0 Å². The third-order valence-corrected chi connectivity index (χ3v) is 5.26. The molecule has 29 heavy (non-hydrogen) atoms. The summed E-state index contributed by atoms with van der Waals surface area (Å²) in [4.78, 5) is 6.77. The molecule has 1 heterocycles. The maximum absolute atomic E-state index is 4.29. The molecule has 3 rings (SSSR count). The average molecular weight is 522 g/mol. The molecule has 0 fully saturated rings. The smallest absolute Gasteiger partial charge is 0.191 e. The van der Waals surface area contributed by atoms with Crippen molar-refractivity contribution in [2.45, 2.75) is 36.2 Å². The van der Waals surface area contributed by atoms with Crippen LogP contribution in [-0.2, 0) is 19.5 Å². The Kier molecular flexibility index (Phi) is 9.99. The van der Waals surface area contributed by atoms with Gasteiger partial charge in [-0.2, -0.15) is 0 Å². The zero-order chi connectivity index (χ0) is 19.6. The molecular formula is C21H27IN6S. The van der Waals surface area contributed by atoms with Crippen LogP contribution in [-0.4, -0.2) is 34.3 Å². The van der Waals surface area contributed by atoms with Crippen molar-refractivity contribution in [2.24, 2.45) is 4.99 Å². The maximum Gasteiger partial charge on any atom is 0.191 e. The predicted octanol–water partition coefficient (Wildman–Crippen LogP) is 3.97. The van der Waals surface area contributed by atoms with Gasteiger partial charge in [0.25, 0.3) is 0 Å². The van der Waals surface area contributed by atoms with Crippen molar-refractivity contribution in [3.8, 4) is 0 Å². The Morgan fingerprint density at radius 2 is 1.76 bits per heavy atom. The molecule has 0 radical (unpaired) electrons. The van der Waals surface area contributed by atoms with Gasteiger partial charge >= 0.3 is 0 Å². The standard InChI is InChI=1S/C21H26N6S.HI/c1-3-20-26-25-16-27(20)14-13-23-21(22-2)24-15-17-9-11-19(12-10-17)28-18-7-5-4-6-8-18;/h4-12,16H,3,13-15H2,1-2H3,(H2,22,23,24);1H. The SMILES string of the molecule is CCc1nncn1CCNC(=NC)NCc1ccc(Sc2ccccc2)cc1.I. The number of aryl methyl sites for hydroxylation is 1. The lowest BCUT2D eigenvalue weighted by Gasteiger charge is -2.13. The van der Waals surface area contributed by atoms with Crippen LogP contribution < -0.4 is 10.6 Å². The number of guanidine groups is 1. The summed E-state index contributed by atoms with van der Waals surface area (Å²) in [6.07, 6.45) is 2.65. The van der Waals surface area contributed by atoms with E-state index in [0.717, 1.165) is 37.8 Å². The van der Waals surface area contributed by atoms with Crippen LogP contribution >= 0.6 is 35.7 Å². The van der Waals surface area contributed by atoms with Gasteiger partial charge in [-0.05, 0) is 29.8 Å². The minimum atomic E-state index is 0. The zero-order valence-electron chi connectivity index (χ0n) is 16.7. The molecule has 0 spiro atoms. The first-order valence-corrected chi connectivity index (χ1v) is 10.2. The molecule has 0 aliphatic carbocycles. The lowest BCUT2D eigenvalue weighted by molar-refractivity contribution is 0.632. The molecular weight excluding hydrogens is 495 g/mol. The molecule has 0 aliphatic heterocycles. The fourth-order valence-corrected chi connectivity index (χ4v) is 3.58. The van der Waals surface area contributed by atoms with Gasteiger partial charge in [-0.1, -0.05) is 49.0 Å². The normalized spacial score (nSPS) is 11.0. The summed E-state index contributed by atoms with van der Waals surface area (Å²) < 4.78 is 2.06. The number of hydrogen-bond donors (Lipinski definition) is 2. The molecule has 0 aliphatic rings. The van der Waals surface area contributed by atoms with Crippen molar-refractivity contribution in [1.29, 1.82) is 0 Å². The number of rotatable bonds is 8. The second-order valence-electron chi connectivity index (χ2n) is 6.21. The van der Waals surface area contributed by atoms with Crippen molar-refractivity contribution in [2.75, 3.05) is 13.6 Å². The van der Waals surface area contributed by atoms with E-state index in [1.54, 1.807) is 25.1 Å². The van der Waals surface area contributed by atoms with E-state index in [1.165, 1.54) is 15.4 Å². The van der Waals surface area contributed by atoms with Crippen LogP contribution in [0.4, 0.5) is 0 Å². The van der Waals surface area contributed by atoms with Crippen molar-refractivity contribution in [3.05, 3.63) is 72.3 Å². The Bertz CT molecular complexity index is 880. The molecule has 0 bridgehead atoms. The fraction of sp³-hybridized carbons (Fsp3) is 0.286. The molecule has 0 saturated carbocycles. The van der Waals surface area contributed by atoms with Gasteiger partial charge in [0.05, 0.1) is 0 Å². The van der Waals surface area contributed by atoms with Crippen LogP contribution in [0.3, 0.4) is 0 Å². The van der Waals surface area contributed by atoms with E-state index in [-0.39, 0.29) is 24.0 Å². The van der Waals surface area contributed by atoms with Gasteiger partial charge in [0.1, 0.15) is 12.2 Å².